The molecule has 0 aromatic heterocycles. The molecule has 1 saturated carbocycles. The van der Waals surface area contributed by atoms with Gasteiger partial charge in [-0.1, -0.05) is 23.7 Å². The lowest BCUT2D eigenvalue weighted by molar-refractivity contribution is 0.101. The number of sulfone groups is 1. The van der Waals surface area contributed by atoms with Gasteiger partial charge in [-0.15, -0.1) is 0 Å². The van der Waals surface area contributed by atoms with Gasteiger partial charge in [-0.25, -0.2) is 8.42 Å². The van der Waals surface area contributed by atoms with Gasteiger partial charge < -0.3 is 10.5 Å². The summed E-state index contributed by atoms with van der Waals surface area (Å²) < 4.78 is 29.6. The summed E-state index contributed by atoms with van der Waals surface area (Å²) in [5, 5.41) is 0.106. The number of rotatable bonds is 6. The predicted octanol–water partition coefficient (Wildman–Crippen LogP) is 1.83. The van der Waals surface area contributed by atoms with Gasteiger partial charge in [0.05, 0.1) is 11.9 Å². The minimum absolute atomic E-state index is 0.146. The zero-order valence-corrected chi connectivity index (χ0v) is 13.2. The Balaban J connectivity index is 2.39. The number of nitrogens with two attached hydrogens (primary N) is 1. The van der Waals surface area contributed by atoms with Crippen LogP contribution in [0.3, 0.4) is 0 Å². The summed E-state index contributed by atoms with van der Waals surface area (Å²) in [5.74, 6) is -0.146. The first kappa shape index (κ1) is 15.8. The van der Waals surface area contributed by atoms with Crippen LogP contribution in [0.25, 0.3) is 0 Å². The minimum Gasteiger partial charge on any atom is -0.381 e. The van der Waals surface area contributed by atoms with Crippen molar-refractivity contribution >= 4 is 21.4 Å². The molecule has 0 spiro atoms. The van der Waals surface area contributed by atoms with Crippen molar-refractivity contribution in [2.75, 3.05) is 26.0 Å². The van der Waals surface area contributed by atoms with E-state index in [1.807, 2.05) is 25.1 Å². The van der Waals surface area contributed by atoms with Gasteiger partial charge in [-0.05, 0) is 24.6 Å². The highest BCUT2D eigenvalue weighted by Crippen LogP contribution is 2.62. The van der Waals surface area contributed by atoms with E-state index in [0.717, 1.165) is 5.56 Å². The number of hydrogen-bond donors (Lipinski definition) is 1. The summed E-state index contributed by atoms with van der Waals surface area (Å²) in [6.07, 6.45) is 1.26. The van der Waals surface area contributed by atoms with Crippen molar-refractivity contribution in [2.24, 2.45) is 11.1 Å². The lowest BCUT2D eigenvalue weighted by atomic mass is 10.00. The normalized spacial score (nSPS) is 29.4. The van der Waals surface area contributed by atoms with Gasteiger partial charge in [-0.2, -0.15) is 0 Å². The molecule has 0 saturated heterocycles. The Bertz CT molecular complexity index is 590. The van der Waals surface area contributed by atoms with Crippen LogP contribution in [-0.4, -0.2) is 39.7 Å². The molecule has 0 unspecified atom stereocenters. The number of hydrogen-bond acceptors (Lipinski definition) is 4. The van der Waals surface area contributed by atoms with Gasteiger partial charge in [0.2, 0.25) is 0 Å². The zero-order valence-electron chi connectivity index (χ0n) is 11.7. The fourth-order valence-corrected chi connectivity index (χ4v) is 5.31. The number of benzene rings is 1. The molecule has 0 heterocycles. The summed E-state index contributed by atoms with van der Waals surface area (Å²) in [5.41, 5.74) is 6.27. The van der Waals surface area contributed by atoms with E-state index in [-0.39, 0.29) is 12.5 Å². The molecule has 0 bridgehead atoms. The van der Waals surface area contributed by atoms with Crippen molar-refractivity contribution in [1.82, 2.24) is 0 Å². The van der Waals surface area contributed by atoms with Crippen LogP contribution in [0.5, 0.6) is 0 Å². The third kappa shape index (κ3) is 2.72. The highest BCUT2D eigenvalue weighted by atomic mass is 35.5. The summed E-state index contributed by atoms with van der Waals surface area (Å²) in [4.78, 5) is 0. The molecule has 20 heavy (non-hydrogen) atoms. The molecule has 1 aliphatic rings. The number of halogens is 1. The second-order valence-corrected chi connectivity index (χ2v) is 7.96. The maximum absolute atomic E-state index is 12.1. The lowest BCUT2D eigenvalue weighted by Crippen LogP contribution is -2.28. The van der Waals surface area contributed by atoms with Crippen LogP contribution >= 0.6 is 11.6 Å². The van der Waals surface area contributed by atoms with E-state index in [0.29, 0.717) is 18.2 Å². The molecule has 1 aliphatic carbocycles. The molecule has 1 aromatic rings. The van der Waals surface area contributed by atoms with Crippen molar-refractivity contribution in [1.29, 1.82) is 0 Å². The van der Waals surface area contributed by atoms with Crippen molar-refractivity contribution in [3.8, 4) is 0 Å². The van der Waals surface area contributed by atoms with Gasteiger partial charge in [0.25, 0.3) is 0 Å². The molecule has 3 atom stereocenters. The Morgan fingerprint density at radius 2 is 2.15 bits per heavy atom. The monoisotopic (exact) mass is 317 g/mol. The fourth-order valence-electron chi connectivity index (χ4n) is 3.10. The van der Waals surface area contributed by atoms with Crippen LogP contribution < -0.4 is 5.73 Å². The molecule has 0 amide bonds. The van der Waals surface area contributed by atoms with Crippen LogP contribution in [-0.2, 0) is 14.6 Å². The van der Waals surface area contributed by atoms with E-state index in [1.54, 1.807) is 6.07 Å². The van der Waals surface area contributed by atoms with Crippen molar-refractivity contribution in [3.63, 3.8) is 0 Å². The molecule has 0 radical (unpaired) electrons. The predicted molar refractivity (Wildman–Crippen MR) is 80.8 cm³/mol. The van der Waals surface area contributed by atoms with E-state index in [4.69, 9.17) is 22.1 Å². The molecule has 4 nitrogen and oxygen atoms in total. The number of ether oxygens (including phenoxy) is 1. The van der Waals surface area contributed by atoms with E-state index in [9.17, 15) is 8.42 Å². The molecule has 1 fully saturated rings. The first-order valence-electron chi connectivity index (χ1n) is 6.59. The second kappa shape index (κ2) is 5.64. The molecular weight excluding hydrogens is 298 g/mol. The summed E-state index contributed by atoms with van der Waals surface area (Å²) in [6, 6.07) is 7.32. The SMILES string of the molecule is CCOC[C@]1(CN)[C@H](c2cccc(Cl)c2)[C@H]1S(C)(=O)=O. The van der Waals surface area contributed by atoms with Crippen molar-refractivity contribution in [3.05, 3.63) is 34.9 Å². The smallest absolute Gasteiger partial charge is 0.151 e. The third-order valence-electron chi connectivity index (χ3n) is 4.00. The van der Waals surface area contributed by atoms with Crippen molar-refractivity contribution in [2.45, 2.75) is 18.1 Å². The molecule has 2 N–H and O–H groups in total. The lowest BCUT2D eigenvalue weighted by Gasteiger charge is -2.15. The molecule has 112 valence electrons. The Labute approximate surface area is 125 Å². The summed E-state index contributed by atoms with van der Waals surface area (Å²) in [7, 11) is -3.19. The van der Waals surface area contributed by atoms with Crippen LogP contribution in [0.15, 0.2) is 24.3 Å². The average molecular weight is 318 g/mol. The van der Waals surface area contributed by atoms with Crippen molar-refractivity contribution < 1.29 is 13.2 Å². The van der Waals surface area contributed by atoms with Gasteiger partial charge in [0, 0.05) is 35.8 Å². The molecule has 6 heteroatoms. The van der Waals surface area contributed by atoms with E-state index in [1.165, 1.54) is 6.26 Å². The maximum atomic E-state index is 12.1. The van der Waals surface area contributed by atoms with E-state index in [2.05, 4.69) is 0 Å². The molecule has 1 aromatic carbocycles. The van der Waals surface area contributed by atoms with Crippen LogP contribution in [0, 0.1) is 5.41 Å². The highest BCUT2D eigenvalue weighted by molar-refractivity contribution is 7.91. The first-order valence-corrected chi connectivity index (χ1v) is 8.92. The largest absolute Gasteiger partial charge is 0.381 e. The Morgan fingerprint density at radius 1 is 1.45 bits per heavy atom. The van der Waals surface area contributed by atoms with Gasteiger partial charge >= 0.3 is 0 Å². The Hall–Kier alpha value is -0.620. The molecular formula is C14H20ClNO3S. The second-order valence-electron chi connectivity index (χ2n) is 5.36. The standard InChI is InChI=1S/C14H20ClNO3S/c1-3-19-9-14(8-16)12(13(14)20(2,17)18)10-5-4-6-11(15)7-10/h4-7,12-13H,3,8-9,16H2,1-2H3/t12-,13-,14-/m1/s1. The van der Waals surface area contributed by atoms with Gasteiger partial charge in [0.1, 0.15) is 0 Å². The maximum Gasteiger partial charge on any atom is 0.151 e. The highest BCUT2D eigenvalue weighted by Gasteiger charge is 2.69. The topological polar surface area (TPSA) is 69.4 Å². The van der Waals surface area contributed by atoms with Crippen LogP contribution in [0.4, 0.5) is 0 Å². The van der Waals surface area contributed by atoms with E-state index < -0.39 is 20.5 Å². The van der Waals surface area contributed by atoms with Crippen LogP contribution in [0.1, 0.15) is 18.4 Å². The summed E-state index contributed by atoms with van der Waals surface area (Å²) >= 11 is 6.01. The Kier molecular flexibility index (Phi) is 4.44. The minimum atomic E-state index is -3.19. The zero-order chi connectivity index (χ0) is 15.0. The average Bonchev–Trinajstić information content (AvgIpc) is 3.06. The quantitative estimate of drug-likeness (QED) is 0.869. The molecule has 0 aliphatic heterocycles. The fraction of sp³-hybridized carbons (Fsp3) is 0.571. The first-order chi connectivity index (χ1) is 9.36. The van der Waals surface area contributed by atoms with E-state index >= 15 is 0 Å². The molecule has 2 rings (SSSR count). The van der Waals surface area contributed by atoms with Gasteiger partial charge in [0.15, 0.2) is 9.84 Å². The third-order valence-corrected chi connectivity index (χ3v) is 5.90. The summed E-state index contributed by atoms with van der Waals surface area (Å²) in [6.45, 7) is 3.06. The van der Waals surface area contributed by atoms with Gasteiger partial charge in [-0.3, -0.25) is 0 Å². The Morgan fingerprint density at radius 3 is 2.65 bits per heavy atom. The van der Waals surface area contributed by atoms with Crippen LogP contribution in [0.2, 0.25) is 5.02 Å².